The molecule has 3 rings (SSSR count). The largest absolute Gasteiger partial charge is 0.481 e. The minimum atomic E-state index is -3.86. The summed E-state index contributed by atoms with van der Waals surface area (Å²) in [6.07, 6.45) is 8.17. The monoisotopic (exact) mass is 934 g/mol. The molecule has 0 aliphatic heterocycles. The van der Waals surface area contributed by atoms with Gasteiger partial charge in [0.05, 0.1) is 72.5 Å². The van der Waals surface area contributed by atoms with Crippen LogP contribution in [0.2, 0.25) is 0 Å². The molecule has 6 N–H and O–H groups in total. The summed E-state index contributed by atoms with van der Waals surface area (Å²) in [4.78, 5) is 40.6. The van der Waals surface area contributed by atoms with E-state index in [0.29, 0.717) is 33.7 Å². The molecule has 1 unspecified atom stereocenters. The van der Waals surface area contributed by atoms with Gasteiger partial charge in [-0.2, -0.15) is 0 Å². The van der Waals surface area contributed by atoms with Gasteiger partial charge in [0, 0.05) is 44.5 Å². The molecule has 64 heavy (non-hydrogen) atoms. The maximum Gasteiger partial charge on any atom is 0.305 e. The standard InChI is InChI=1S/C43H59FN6O12S2/c1-25(2)38-34(19-17-30(51)21-32(53)23-36(55)56)40(47-42(45-38)49(5)63(7,59)60)27-11-9-10-12-28(14-16-29(44)15-13-27)41-35(20-18-31(52)22-33(54)24-37(57)58)39(26(3)4)46-43(48-41)50(6)64(8,61)62/h9,11-14,16-20,25-26,29-33,51-54H,10,15,21-24H2,1-8H3,(H,55,56)(H,57,58)/t29?,30-,31-,32-,33-/m1/s1. The van der Waals surface area contributed by atoms with E-state index in [4.69, 9.17) is 10.2 Å². The summed E-state index contributed by atoms with van der Waals surface area (Å²) < 4.78 is 68.6. The van der Waals surface area contributed by atoms with Gasteiger partial charge in [0.1, 0.15) is 6.17 Å². The number of aromatic nitrogens is 4. The normalized spacial score (nSPS) is 17.3. The van der Waals surface area contributed by atoms with Crippen LogP contribution in [0.15, 0.2) is 48.6 Å². The predicted octanol–water partition coefficient (Wildman–Crippen LogP) is 4.22. The number of nitrogens with zero attached hydrogens (tertiary/aromatic N) is 6. The Labute approximate surface area is 373 Å². The molecule has 18 nitrogen and oxygen atoms in total. The van der Waals surface area contributed by atoms with Gasteiger partial charge in [-0.1, -0.05) is 82.4 Å². The fourth-order valence-electron chi connectivity index (χ4n) is 6.28. The zero-order valence-electron chi connectivity index (χ0n) is 37.1. The Morgan fingerprint density at radius 1 is 0.719 bits per heavy atom. The minimum absolute atomic E-state index is 0.156. The summed E-state index contributed by atoms with van der Waals surface area (Å²) in [5.74, 6) is -3.54. The Bertz CT molecular complexity index is 2420. The van der Waals surface area contributed by atoms with Crippen molar-refractivity contribution in [3.05, 3.63) is 82.5 Å². The first kappa shape index (κ1) is 53.2. The van der Waals surface area contributed by atoms with E-state index >= 15 is 4.39 Å². The average Bonchev–Trinajstić information content (AvgIpc) is 3.21. The number of aliphatic hydroxyl groups is 4. The lowest BCUT2D eigenvalue weighted by Crippen LogP contribution is -2.28. The highest BCUT2D eigenvalue weighted by atomic mass is 32.2. The molecule has 0 saturated heterocycles. The van der Waals surface area contributed by atoms with Crippen LogP contribution in [0.1, 0.15) is 112 Å². The quantitative estimate of drug-likeness (QED) is 0.108. The van der Waals surface area contributed by atoms with Crippen molar-refractivity contribution >= 4 is 67.2 Å². The van der Waals surface area contributed by atoms with Crippen molar-refractivity contribution in [1.29, 1.82) is 0 Å². The van der Waals surface area contributed by atoms with Gasteiger partial charge >= 0.3 is 11.9 Å². The highest BCUT2D eigenvalue weighted by Crippen LogP contribution is 2.33. The maximum atomic E-state index is 16.1. The number of hydrogen-bond acceptors (Lipinski definition) is 14. The molecule has 352 valence electrons. The Kier molecular flexibility index (Phi) is 19.2. The fourth-order valence-corrected chi connectivity index (χ4v) is 7.04. The number of allylic oxidation sites excluding steroid dienone is 8. The van der Waals surface area contributed by atoms with Crippen LogP contribution in [-0.4, -0.2) is 137 Å². The van der Waals surface area contributed by atoms with Crippen LogP contribution in [-0.2, 0) is 29.6 Å². The van der Waals surface area contributed by atoms with Crippen LogP contribution in [0.4, 0.5) is 16.3 Å². The van der Waals surface area contributed by atoms with Gasteiger partial charge in [-0.25, -0.2) is 49.8 Å². The third-order valence-electron chi connectivity index (χ3n) is 9.76. The number of hydrogen-bond donors (Lipinski definition) is 6. The lowest BCUT2D eigenvalue weighted by atomic mass is 9.96. The van der Waals surface area contributed by atoms with E-state index in [-0.39, 0.29) is 60.8 Å². The van der Waals surface area contributed by atoms with Crippen LogP contribution >= 0.6 is 0 Å². The van der Waals surface area contributed by atoms with Gasteiger partial charge in [-0.3, -0.25) is 9.59 Å². The van der Waals surface area contributed by atoms with Gasteiger partial charge in [0.25, 0.3) is 0 Å². The van der Waals surface area contributed by atoms with Gasteiger partial charge in [0.15, 0.2) is 0 Å². The Hall–Kier alpha value is -5.19. The van der Waals surface area contributed by atoms with Crippen molar-refractivity contribution < 1.29 is 61.5 Å². The number of alkyl halides is 1. The zero-order valence-corrected chi connectivity index (χ0v) is 38.7. The highest BCUT2D eigenvalue weighted by Gasteiger charge is 2.26. The van der Waals surface area contributed by atoms with Gasteiger partial charge in [0.2, 0.25) is 31.9 Å². The smallest absolute Gasteiger partial charge is 0.305 e. The number of rotatable bonds is 20. The van der Waals surface area contributed by atoms with E-state index in [0.717, 1.165) is 21.1 Å². The number of anilines is 2. The second-order valence-electron chi connectivity index (χ2n) is 16.0. The van der Waals surface area contributed by atoms with Crippen LogP contribution in [0.5, 0.6) is 0 Å². The van der Waals surface area contributed by atoms with Crippen LogP contribution in [0, 0.1) is 0 Å². The van der Waals surface area contributed by atoms with Crippen molar-refractivity contribution in [2.24, 2.45) is 0 Å². The lowest BCUT2D eigenvalue weighted by Gasteiger charge is -2.21. The van der Waals surface area contributed by atoms with Gasteiger partial charge < -0.3 is 30.6 Å². The number of aliphatic hydroxyl groups excluding tert-OH is 4. The lowest BCUT2D eigenvalue weighted by molar-refractivity contribution is -0.140. The van der Waals surface area contributed by atoms with Crippen LogP contribution in [0.3, 0.4) is 0 Å². The molecule has 0 amide bonds. The number of carboxylic acids is 2. The SMILES string of the molecule is CC(C)c1nc(N(C)S(C)(=O)=O)nc(C2=CCC=CC(c3nc(N(C)S(C)(=O)=O)nc(C(C)C)c3C=C[C@@H](O)C[C@@H](O)CC(=O)O)=CCC(F)C=C2)c1C=C[C@@H](O)C[C@@H](O)CC(=O)O. The third-order valence-corrected chi connectivity index (χ3v) is 12.1. The van der Waals surface area contributed by atoms with E-state index in [1.54, 1.807) is 52.0 Å². The van der Waals surface area contributed by atoms with Crippen molar-refractivity contribution in [3.8, 4) is 0 Å². The van der Waals surface area contributed by atoms with Crippen molar-refractivity contribution in [2.45, 2.75) is 109 Å². The molecule has 5 atom stereocenters. The summed E-state index contributed by atoms with van der Waals surface area (Å²) in [6.45, 7) is 7.22. The third kappa shape index (κ3) is 15.8. The van der Waals surface area contributed by atoms with E-state index < -0.39 is 75.4 Å². The minimum Gasteiger partial charge on any atom is -0.481 e. The molecule has 1 aliphatic rings. The topological polar surface area (TPSA) is 282 Å². The number of aliphatic carboxylic acids is 2. The molecule has 0 fully saturated rings. The molecule has 2 aromatic heterocycles. The molecule has 0 radical (unpaired) electrons. The molecule has 0 spiro atoms. The molecule has 0 saturated carbocycles. The number of carbonyl (C=O) groups is 2. The zero-order chi connectivity index (χ0) is 48.3. The number of sulfonamides is 2. The molecule has 2 heterocycles. The molecule has 1 aliphatic carbocycles. The molecule has 2 aromatic rings. The molecule has 0 bridgehead atoms. The first-order valence-electron chi connectivity index (χ1n) is 20.3. The van der Waals surface area contributed by atoms with Crippen LogP contribution in [0.25, 0.3) is 23.3 Å². The second-order valence-corrected chi connectivity index (χ2v) is 20.0. The van der Waals surface area contributed by atoms with Crippen molar-refractivity contribution in [1.82, 2.24) is 19.9 Å². The van der Waals surface area contributed by atoms with E-state index in [2.05, 4.69) is 19.9 Å². The van der Waals surface area contributed by atoms with Crippen molar-refractivity contribution in [3.63, 3.8) is 0 Å². The second kappa shape index (κ2) is 23.1. The van der Waals surface area contributed by atoms with Gasteiger partial charge in [-0.05, 0) is 35.5 Å². The van der Waals surface area contributed by atoms with Crippen molar-refractivity contribution in [2.75, 3.05) is 35.2 Å². The Balaban J connectivity index is 2.29. The summed E-state index contributed by atoms with van der Waals surface area (Å²) >= 11 is 0. The Morgan fingerprint density at radius 3 is 1.50 bits per heavy atom. The summed E-state index contributed by atoms with van der Waals surface area (Å²) in [5, 5.41) is 59.9. The molecular weight excluding hydrogens is 876 g/mol. The molecule has 21 heteroatoms. The molecular formula is C43H59FN6O12S2. The summed E-state index contributed by atoms with van der Waals surface area (Å²) in [6, 6.07) is 0. The maximum absolute atomic E-state index is 16.1. The number of halogens is 1. The van der Waals surface area contributed by atoms with Crippen LogP contribution < -0.4 is 8.61 Å². The fraction of sp³-hybridized carbons (Fsp3) is 0.488. The first-order chi connectivity index (χ1) is 29.7. The van der Waals surface area contributed by atoms with E-state index in [9.17, 15) is 46.9 Å². The van der Waals surface area contributed by atoms with E-state index in [1.165, 1.54) is 50.6 Å². The highest BCUT2D eigenvalue weighted by molar-refractivity contribution is 7.92. The van der Waals surface area contributed by atoms with E-state index in [1.807, 2.05) is 0 Å². The predicted molar refractivity (Wildman–Crippen MR) is 243 cm³/mol. The summed E-state index contributed by atoms with van der Waals surface area (Å²) in [5.41, 5.74) is 2.47. The number of carboxylic acid groups (broad SMARTS) is 2. The summed E-state index contributed by atoms with van der Waals surface area (Å²) in [7, 11) is -5.17. The first-order valence-corrected chi connectivity index (χ1v) is 24.0. The molecule has 0 aromatic carbocycles. The Morgan fingerprint density at radius 2 is 1.12 bits per heavy atom. The van der Waals surface area contributed by atoms with Gasteiger partial charge in [-0.15, -0.1) is 0 Å². The average molecular weight is 935 g/mol.